The van der Waals surface area contributed by atoms with Crippen LogP contribution >= 0.6 is 0 Å². The Kier molecular flexibility index (Phi) is 3.01. The topological polar surface area (TPSA) is 61.8 Å². The Balaban J connectivity index is 2.00. The summed E-state index contributed by atoms with van der Waals surface area (Å²) in [6.07, 6.45) is 1.48. The minimum atomic E-state index is -2.54. The Bertz CT molecular complexity index is 296. The minimum Gasteiger partial charge on any atom is -0.409 e. The molecular weight excluding hydrogens is 216 g/mol. The van der Waals surface area contributed by atoms with E-state index >= 15 is 0 Å². The Morgan fingerprint density at radius 3 is 2.88 bits per heavy atom. The van der Waals surface area contributed by atoms with Gasteiger partial charge in [0.25, 0.3) is 5.92 Å². The van der Waals surface area contributed by atoms with Gasteiger partial charge in [0.2, 0.25) is 0 Å². The largest absolute Gasteiger partial charge is 0.409 e. The van der Waals surface area contributed by atoms with E-state index in [9.17, 15) is 8.78 Å². The molecule has 1 saturated heterocycles. The van der Waals surface area contributed by atoms with Gasteiger partial charge in [-0.05, 0) is 18.8 Å². The number of hydrogen-bond donors (Lipinski definition) is 2. The molecule has 0 radical (unpaired) electrons. The van der Waals surface area contributed by atoms with Crippen molar-refractivity contribution in [3.63, 3.8) is 0 Å². The second-order valence-corrected chi connectivity index (χ2v) is 4.81. The maximum atomic E-state index is 13.6. The lowest BCUT2D eigenvalue weighted by atomic mass is 9.79. The average Bonchev–Trinajstić information content (AvgIpc) is 2.61. The summed E-state index contributed by atoms with van der Waals surface area (Å²) in [6, 6.07) is 0. The van der Waals surface area contributed by atoms with Crippen molar-refractivity contribution in [3.8, 4) is 0 Å². The van der Waals surface area contributed by atoms with Gasteiger partial charge in [-0.1, -0.05) is 5.16 Å². The molecule has 0 aromatic heterocycles. The lowest BCUT2D eigenvalue weighted by Crippen LogP contribution is -2.38. The molecule has 0 bridgehead atoms. The van der Waals surface area contributed by atoms with E-state index in [1.807, 2.05) is 4.90 Å². The molecule has 3 N–H and O–H groups in total. The van der Waals surface area contributed by atoms with Crippen molar-refractivity contribution in [2.24, 2.45) is 22.7 Å². The Labute approximate surface area is 93.1 Å². The van der Waals surface area contributed by atoms with E-state index in [1.54, 1.807) is 0 Å². The summed E-state index contributed by atoms with van der Waals surface area (Å²) in [4.78, 5) is 1.85. The zero-order chi connectivity index (χ0) is 11.8. The fraction of sp³-hybridized carbons (Fsp3) is 0.900. The molecule has 0 aromatic carbocycles. The molecule has 0 amide bonds. The molecule has 2 fully saturated rings. The van der Waals surface area contributed by atoms with Gasteiger partial charge >= 0.3 is 0 Å². The zero-order valence-corrected chi connectivity index (χ0v) is 9.07. The molecule has 2 rings (SSSR count). The molecule has 4 nitrogen and oxygen atoms in total. The smallest absolute Gasteiger partial charge is 0.252 e. The third-order valence-electron chi connectivity index (χ3n) is 3.66. The van der Waals surface area contributed by atoms with Gasteiger partial charge in [0.1, 0.15) is 0 Å². The standard InChI is InChI=1S/C10H17F2N3O/c11-10(12)3-1-2-7-4-15(5-8(7)10)6-9(13)14-16/h7-8,16H,1-6H2,(H2,13,14)/t7-,8-/m0/s1. The molecule has 1 aliphatic heterocycles. The third-order valence-corrected chi connectivity index (χ3v) is 3.66. The maximum Gasteiger partial charge on any atom is 0.252 e. The van der Waals surface area contributed by atoms with E-state index < -0.39 is 11.8 Å². The minimum absolute atomic E-state index is 0.00553. The van der Waals surface area contributed by atoms with Crippen LogP contribution in [0.2, 0.25) is 0 Å². The van der Waals surface area contributed by atoms with Gasteiger partial charge in [-0.3, -0.25) is 4.90 Å². The fourth-order valence-electron chi connectivity index (χ4n) is 2.91. The van der Waals surface area contributed by atoms with Crippen molar-refractivity contribution in [1.82, 2.24) is 4.90 Å². The zero-order valence-electron chi connectivity index (χ0n) is 9.07. The van der Waals surface area contributed by atoms with E-state index in [1.165, 1.54) is 0 Å². The molecule has 1 heterocycles. The summed E-state index contributed by atoms with van der Waals surface area (Å²) in [5.74, 6) is -2.94. The highest BCUT2D eigenvalue weighted by Gasteiger charge is 2.50. The van der Waals surface area contributed by atoms with Gasteiger partial charge < -0.3 is 10.9 Å². The van der Waals surface area contributed by atoms with Crippen LogP contribution in [-0.4, -0.2) is 41.5 Å². The lowest BCUT2D eigenvalue weighted by Gasteiger charge is -2.32. The SMILES string of the molecule is NC(CN1C[C@@H]2CCCC(F)(F)[C@H]2C1)=NO. The summed E-state index contributed by atoms with van der Waals surface area (Å²) in [5, 5.41) is 11.3. The maximum absolute atomic E-state index is 13.6. The molecule has 2 aliphatic rings. The van der Waals surface area contributed by atoms with Gasteiger partial charge in [-0.15, -0.1) is 0 Å². The van der Waals surface area contributed by atoms with Gasteiger partial charge in [-0.25, -0.2) is 8.78 Å². The first-order chi connectivity index (χ1) is 7.53. The molecule has 2 atom stereocenters. The normalized spacial score (nSPS) is 35.0. The second-order valence-electron chi connectivity index (χ2n) is 4.81. The molecule has 0 spiro atoms. The summed E-state index contributed by atoms with van der Waals surface area (Å²) in [6.45, 7) is 1.27. The van der Waals surface area contributed by atoms with Crippen LogP contribution in [-0.2, 0) is 0 Å². The number of oxime groups is 1. The first-order valence-electron chi connectivity index (χ1n) is 5.59. The van der Waals surface area contributed by atoms with Gasteiger partial charge in [0, 0.05) is 25.4 Å². The quantitative estimate of drug-likeness (QED) is 0.325. The van der Waals surface area contributed by atoms with Crippen LogP contribution in [0.5, 0.6) is 0 Å². The predicted molar refractivity (Wildman–Crippen MR) is 55.6 cm³/mol. The number of amidine groups is 1. The molecule has 6 heteroatoms. The van der Waals surface area contributed by atoms with Crippen molar-refractivity contribution in [1.29, 1.82) is 0 Å². The molecule has 0 aromatic rings. The summed E-state index contributed by atoms with van der Waals surface area (Å²) >= 11 is 0. The van der Waals surface area contributed by atoms with Gasteiger partial charge in [0.15, 0.2) is 5.84 Å². The molecule has 0 unspecified atom stereocenters. The lowest BCUT2D eigenvalue weighted by molar-refractivity contribution is -0.0944. The number of rotatable bonds is 2. The van der Waals surface area contributed by atoms with Crippen LogP contribution in [0, 0.1) is 11.8 Å². The number of nitrogens with zero attached hydrogens (tertiary/aromatic N) is 2. The van der Waals surface area contributed by atoms with E-state index in [4.69, 9.17) is 10.9 Å². The predicted octanol–water partition coefficient (Wildman–Crippen LogP) is 1.10. The number of fused-ring (bicyclic) bond motifs is 1. The summed E-state index contributed by atoms with van der Waals surface area (Å²) in [7, 11) is 0. The van der Waals surface area contributed by atoms with Gasteiger partial charge in [0.05, 0.1) is 6.54 Å². The second kappa shape index (κ2) is 4.16. The van der Waals surface area contributed by atoms with Crippen LogP contribution in [0.15, 0.2) is 5.16 Å². The highest BCUT2D eigenvalue weighted by Crippen LogP contribution is 2.45. The van der Waals surface area contributed by atoms with Crippen molar-refractivity contribution in [3.05, 3.63) is 0 Å². The first kappa shape index (κ1) is 11.6. The van der Waals surface area contributed by atoms with E-state index in [0.29, 0.717) is 19.5 Å². The number of hydrogen-bond acceptors (Lipinski definition) is 3. The summed E-state index contributed by atoms with van der Waals surface area (Å²) < 4.78 is 27.2. The van der Waals surface area contributed by atoms with Crippen LogP contribution in [0.4, 0.5) is 8.78 Å². The van der Waals surface area contributed by atoms with Crippen molar-refractivity contribution in [2.75, 3.05) is 19.6 Å². The molecule has 92 valence electrons. The number of nitrogens with two attached hydrogens (primary N) is 1. The highest BCUT2D eigenvalue weighted by atomic mass is 19.3. The highest BCUT2D eigenvalue weighted by molar-refractivity contribution is 5.81. The van der Waals surface area contributed by atoms with Gasteiger partial charge in [-0.2, -0.15) is 0 Å². The van der Waals surface area contributed by atoms with E-state index in [-0.39, 0.29) is 24.7 Å². The van der Waals surface area contributed by atoms with E-state index in [2.05, 4.69) is 5.16 Å². The first-order valence-corrected chi connectivity index (χ1v) is 5.59. The molecule has 1 saturated carbocycles. The Morgan fingerprint density at radius 2 is 2.25 bits per heavy atom. The van der Waals surface area contributed by atoms with Crippen LogP contribution in [0.1, 0.15) is 19.3 Å². The van der Waals surface area contributed by atoms with E-state index in [0.717, 1.165) is 6.42 Å². The van der Waals surface area contributed by atoms with Crippen LogP contribution in [0.3, 0.4) is 0 Å². The number of halogens is 2. The van der Waals surface area contributed by atoms with Crippen molar-refractivity contribution in [2.45, 2.75) is 25.2 Å². The van der Waals surface area contributed by atoms with Crippen LogP contribution < -0.4 is 5.73 Å². The summed E-state index contributed by atoms with van der Waals surface area (Å²) in [5.41, 5.74) is 5.38. The fourth-order valence-corrected chi connectivity index (χ4v) is 2.91. The third kappa shape index (κ3) is 2.11. The van der Waals surface area contributed by atoms with Crippen molar-refractivity contribution < 1.29 is 14.0 Å². The Hall–Kier alpha value is -0.910. The molecule has 16 heavy (non-hydrogen) atoms. The monoisotopic (exact) mass is 233 g/mol. The Morgan fingerprint density at radius 1 is 1.50 bits per heavy atom. The number of alkyl halides is 2. The average molecular weight is 233 g/mol. The number of likely N-dealkylation sites (tertiary alicyclic amines) is 1. The van der Waals surface area contributed by atoms with Crippen molar-refractivity contribution >= 4 is 5.84 Å². The molecular formula is C10H17F2N3O. The van der Waals surface area contributed by atoms with Crippen LogP contribution in [0.25, 0.3) is 0 Å². The molecule has 1 aliphatic carbocycles.